The molecule has 5 N–H and O–H groups in total. The maximum absolute atomic E-state index is 11.9. The lowest BCUT2D eigenvalue weighted by Gasteiger charge is -2.39. The molecular weight excluding hydrogens is 392 g/mol. The second kappa shape index (κ2) is 10.3. The van der Waals surface area contributed by atoms with Crippen LogP contribution in [-0.4, -0.2) is 69.9 Å². The Morgan fingerprint density at radius 2 is 1.73 bits per heavy atom. The molecular formula is C21H24N2O7. The minimum Gasteiger partial charge on any atom is -0.462 e. The van der Waals surface area contributed by atoms with Gasteiger partial charge >= 0.3 is 0 Å². The summed E-state index contributed by atoms with van der Waals surface area (Å²) in [5.74, 6) is 0.101. The molecule has 160 valence electrons. The van der Waals surface area contributed by atoms with Crippen LogP contribution in [0.5, 0.6) is 5.75 Å². The zero-order valence-electron chi connectivity index (χ0n) is 16.0. The molecule has 0 aromatic heterocycles. The molecule has 1 aliphatic heterocycles. The molecule has 1 amide bonds. The van der Waals surface area contributed by atoms with Gasteiger partial charge < -0.3 is 29.9 Å². The second-order valence-electron chi connectivity index (χ2n) is 6.84. The van der Waals surface area contributed by atoms with E-state index in [1.54, 1.807) is 24.3 Å². The van der Waals surface area contributed by atoms with Gasteiger partial charge in [0.2, 0.25) is 12.2 Å². The third kappa shape index (κ3) is 5.62. The maximum Gasteiger partial charge on any atom is 0.244 e. The molecule has 0 bridgehead atoms. The van der Waals surface area contributed by atoms with Crippen molar-refractivity contribution in [3.05, 3.63) is 65.7 Å². The SMILES string of the molecule is O=C(Cc1ccccc1)N/N=C\c1ccc(O[C@H]2O[C@@H](CO)[C@H](O)[C@@H](O)[C@@H]2O)cc1. The number of ether oxygens (including phenoxy) is 2. The van der Waals surface area contributed by atoms with E-state index in [1.165, 1.54) is 6.21 Å². The summed E-state index contributed by atoms with van der Waals surface area (Å²) in [4.78, 5) is 11.9. The number of hydrazone groups is 1. The van der Waals surface area contributed by atoms with E-state index in [2.05, 4.69) is 10.5 Å². The van der Waals surface area contributed by atoms with Gasteiger partial charge in [-0.2, -0.15) is 5.10 Å². The average molecular weight is 416 g/mol. The van der Waals surface area contributed by atoms with Crippen molar-refractivity contribution >= 4 is 12.1 Å². The Hall–Kier alpha value is -2.82. The van der Waals surface area contributed by atoms with E-state index in [0.717, 1.165) is 5.56 Å². The molecule has 1 saturated heterocycles. The van der Waals surface area contributed by atoms with Crippen LogP contribution in [-0.2, 0) is 16.0 Å². The van der Waals surface area contributed by atoms with Gasteiger partial charge in [-0.3, -0.25) is 4.79 Å². The van der Waals surface area contributed by atoms with Crippen LogP contribution in [0.2, 0.25) is 0 Å². The van der Waals surface area contributed by atoms with Crippen LogP contribution in [0.4, 0.5) is 0 Å². The third-order valence-corrected chi connectivity index (χ3v) is 4.59. The number of aliphatic hydroxyl groups is 4. The highest BCUT2D eigenvalue weighted by molar-refractivity contribution is 5.83. The van der Waals surface area contributed by atoms with Gasteiger partial charge in [0.25, 0.3) is 0 Å². The lowest BCUT2D eigenvalue weighted by molar-refractivity contribution is -0.277. The average Bonchev–Trinajstić information content (AvgIpc) is 2.76. The van der Waals surface area contributed by atoms with Gasteiger partial charge in [-0.25, -0.2) is 5.43 Å². The summed E-state index contributed by atoms with van der Waals surface area (Å²) in [6.07, 6.45) is -5.03. The van der Waals surface area contributed by atoms with Gasteiger partial charge in [-0.15, -0.1) is 0 Å². The third-order valence-electron chi connectivity index (χ3n) is 4.59. The summed E-state index contributed by atoms with van der Waals surface area (Å²) in [6.45, 7) is -0.532. The van der Waals surface area contributed by atoms with E-state index < -0.39 is 37.3 Å². The molecule has 0 radical (unpaired) electrons. The second-order valence-corrected chi connectivity index (χ2v) is 6.84. The lowest BCUT2D eigenvalue weighted by Crippen LogP contribution is -2.60. The van der Waals surface area contributed by atoms with Crippen LogP contribution in [0.15, 0.2) is 59.7 Å². The molecule has 1 heterocycles. The maximum atomic E-state index is 11.9. The van der Waals surface area contributed by atoms with Crippen LogP contribution >= 0.6 is 0 Å². The first kappa shape index (κ1) is 21.9. The molecule has 0 saturated carbocycles. The molecule has 9 nitrogen and oxygen atoms in total. The van der Waals surface area contributed by atoms with Crippen molar-refractivity contribution in [3.63, 3.8) is 0 Å². The van der Waals surface area contributed by atoms with Crippen LogP contribution in [0, 0.1) is 0 Å². The summed E-state index contributed by atoms with van der Waals surface area (Å²) in [5, 5.41) is 42.7. The molecule has 0 aliphatic carbocycles. The number of benzene rings is 2. The number of amides is 1. The summed E-state index contributed by atoms with van der Waals surface area (Å²) in [6, 6.07) is 15.8. The Morgan fingerprint density at radius 3 is 2.40 bits per heavy atom. The van der Waals surface area contributed by atoms with Gasteiger partial charge in [-0.05, 0) is 35.4 Å². The fourth-order valence-corrected chi connectivity index (χ4v) is 2.93. The number of hydrogen-bond acceptors (Lipinski definition) is 8. The number of hydrogen-bond donors (Lipinski definition) is 5. The number of aliphatic hydroxyl groups excluding tert-OH is 4. The Labute approximate surface area is 173 Å². The van der Waals surface area contributed by atoms with Crippen LogP contribution in [0.25, 0.3) is 0 Å². The van der Waals surface area contributed by atoms with Gasteiger partial charge in [0, 0.05) is 0 Å². The molecule has 1 fully saturated rings. The summed E-state index contributed by atoms with van der Waals surface area (Å²) in [5.41, 5.74) is 4.04. The van der Waals surface area contributed by atoms with E-state index >= 15 is 0 Å². The van der Waals surface area contributed by atoms with Gasteiger partial charge in [0.05, 0.1) is 19.2 Å². The van der Waals surface area contributed by atoms with Crippen molar-refractivity contribution < 1.29 is 34.7 Å². The fourth-order valence-electron chi connectivity index (χ4n) is 2.93. The highest BCUT2D eigenvalue weighted by Crippen LogP contribution is 2.24. The van der Waals surface area contributed by atoms with Crippen molar-refractivity contribution in [2.75, 3.05) is 6.61 Å². The molecule has 30 heavy (non-hydrogen) atoms. The minimum absolute atomic E-state index is 0.226. The summed E-state index contributed by atoms with van der Waals surface area (Å²) in [7, 11) is 0. The first-order valence-electron chi connectivity index (χ1n) is 9.41. The molecule has 0 unspecified atom stereocenters. The van der Waals surface area contributed by atoms with E-state index in [9.17, 15) is 25.2 Å². The summed E-state index contributed by atoms with van der Waals surface area (Å²) < 4.78 is 10.8. The monoisotopic (exact) mass is 416 g/mol. The van der Waals surface area contributed by atoms with E-state index in [1.807, 2.05) is 30.3 Å². The predicted octanol–water partition coefficient (Wildman–Crippen LogP) is -0.442. The molecule has 2 aromatic rings. The Kier molecular flexibility index (Phi) is 7.50. The Morgan fingerprint density at radius 1 is 1.03 bits per heavy atom. The van der Waals surface area contributed by atoms with Crippen molar-refractivity contribution in [2.24, 2.45) is 5.10 Å². The number of carbonyl (C=O) groups excluding carboxylic acids is 1. The smallest absolute Gasteiger partial charge is 0.244 e. The zero-order chi connectivity index (χ0) is 21.5. The Bertz CT molecular complexity index is 842. The molecule has 2 aromatic carbocycles. The molecule has 1 aliphatic rings. The van der Waals surface area contributed by atoms with Gasteiger partial charge in [0.1, 0.15) is 30.2 Å². The highest BCUT2D eigenvalue weighted by Gasteiger charge is 2.44. The number of nitrogens with one attached hydrogen (secondary N) is 1. The normalized spacial score (nSPS) is 26.5. The quantitative estimate of drug-likeness (QED) is 0.304. The first-order chi connectivity index (χ1) is 14.5. The Balaban J connectivity index is 1.52. The standard InChI is InChI=1S/C21H24N2O7/c24-12-16-18(26)19(27)20(28)21(30-16)29-15-8-6-14(7-9-15)11-22-23-17(25)10-13-4-2-1-3-5-13/h1-9,11,16,18-21,24,26-28H,10,12H2,(H,23,25)/b22-11-/t16-,18-,19+,20-,21-/m0/s1. The highest BCUT2D eigenvalue weighted by atomic mass is 16.7. The largest absolute Gasteiger partial charge is 0.462 e. The molecule has 9 heteroatoms. The number of carbonyl (C=O) groups is 1. The van der Waals surface area contributed by atoms with Crippen LogP contribution in [0.3, 0.4) is 0 Å². The van der Waals surface area contributed by atoms with Crippen LogP contribution < -0.4 is 10.2 Å². The van der Waals surface area contributed by atoms with Crippen molar-refractivity contribution in [1.29, 1.82) is 0 Å². The lowest BCUT2D eigenvalue weighted by atomic mass is 9.99. The van der Waals surface area contributed by atoms with Gasteiger partial charge in [0.15, 0.2) is 0 Å². The van der Waals surface area contributed by atoms with Gasteiger partial charge in [-0.1, -0.05) is 30.3 Å². The molecule has 5 atom stereocenters. The molecule has 0 spiro atoms. The van der Waals surface area contributed by atoms with E-state index in [0.29, 0.717) is 11.3 Å². The predicted molar refractivity (Wildman–Crippen MR) is 107 cm³/mol. The topological polar surface area (TPSA) is 141 Å². The van der Waals surface area contributed by atoms with E-state index in [4.69, 9.17) is 9.47 Å². The van der Waals surface area contributed by atoms with Crippen LogP contribution in [0.1, 0.15) is 11.1 Å². The van der Waals surface area contributed by atoms with Crippen molar-refractivity contribution in [3.8, 4) is 5.75 Å². The summed E-state index contributed by atoms with van der Waals surface area (Å²) >= 11 is 0. The first-order valence-corrected chi connectivity index (χ1v) is 9.41. The zero-order valence-corrected chi connectivity index (χ0v) is 16.0. The number of nitrogens with zero attached hydrogens (tertiary/aromatic N) is 1. The minimum atomic E-state index is -1.51. The van der Waals surface area contributed by atoms with Crippen molar-refractivity contribution in [2.45, 2.75) is 37.1 Å². The fraction of sp³-hybridized carbons (Fsp3) is 0.333. The molecule has 3 rings (SSSR count). The van der Waals surface area contributed by atoms with Crippen molar-refractivity contribution in [1.82, 2.24) is 5.43 Å². The number of rotatable bonds is 7. The van der Waals surface area contributed by atoms with E-state index in [-0.39, 0.29) is 12.3 Å².